The number of aliphatic hydroxyl groups is 2. The summed E-state index contributed by atoms with van der Waals surface area (Å²) in [6, 6.07) is -10.0. The molecule has 0 fully saturated rings. The van der Waals surface area contributed by atoms with Crippen LogP contribution in [0.4, 0.5) is 0 Å². The Hall–Kier alpha value is -5.46. The fourth-order valence-corrected chi connectivity index (χ4v) is 6.11. The van der Waals surface area contributed by atoms with Crippen molar-refractivity contribution in [2.45, 2.75) is 156 Å². The Kier molecular flexibility index (Phi) is 28.1. The van der Waals surface area contributed by atoms with Crippen molar-refractivity contribution in [2.75, 3.05) is 26.2 Å². The molecular formula is C42H77N11O13. The highest BCUT2D eigenvalue weighted by molar-refractivity contribution is 5.97. The number of carboxylic acids is 1. The van der Waals surface area contributed by atoms with Crippen LogP contribution >= 0.6 is 0 Å². The molecule has 0 rings (SSSR count). The normalized spacial score (nSPS) is 15.8. The maximum atomic E-state index is 13.5. The number of carbonyl (C=O) groups is 10. The standard InChI is InChI=1S/C42H77N11O13/c1-11-23(8)34(41(64)50-28(19-54)38(61)52-32(21(4)5)40(63)53-33(22(6)7)42(65)66)51-30(57)18-46-36(59)26(14-12-13-15-43)48-29(56)17-45-35(58)24(9)47-37(60)27(16-20(2)3)49-39(62)31(44)25(10)55/h20-28,31-34,54-55H,11-19,43-44H2,1-10H3,(H,45,58)(H,46,59)(H,47,60)(H,48,56)(H,49,62)(H,50,64)(H,51,57)(H,52,61)(H,53,63)(H,65,66)/t23-,24-,25+,26-,27-,28-,31-,32-,33-,34-/m0/s1. The fraction of sp³-hybridized carbons (Fsp3) is 0.762. The predicted molar refractivity (Wildman–Crippen MR) is 241 cm³/mol. The SMILES string of the molecule is CC[C@H](C)[C@H](NC(=O)CNC(=O)[C@H](CCCCN)NC(=O)CNC(=O)[C@H](C)NC(=O)[C@H](CC(C)C)NC(=O)[C@@H](N)[C@@H](C)O)C(=O)N[C@@H](CO)C(=O)N[C@H](C(=O)N[C@H](C(=O)O)C(C)C)C(C)C. The lowest BCUT2D eigenvalue weighted by molar-refractivity contribution is -0.144. The van der Waals surface area contributed by atoms with Gasteiger partial charge in [0.25, 0.3) is 0 Å². The molecule has 9 amide bonds. The summed E-state index contributed by atoms with van der Waals surface area (Å²) >= 11 is 0. The van der Waals surface area contributed by atoms with Gasteiger partial charge in [0, 0.05) is 0 Å². The second-order valence-electron chi connectivity index (χ2n) is 17.5. The average Bonchev–Trinajstić information content (AvgIpc) is 3.24. The summed E-state index contributed by atoms with van der Waals surface area (Å²) < 4.78 is 0. The number of nitrogens with two attached hydrogens (primary N) is 2. The molecule has 0 aliphatic heterocycles. The number of hydrogen-bond acceptors (Lipinski definition) is 14. The molecule has 0 aromatic carbocycles. The third-order valence-electron chi connectivity index (χ3n) is 10.5. The van der Waals surface area contributed by atoms with E-state index >= 15 is 0 Å². The summed E-state index contributed by atoms with van der Waals surface area (Å²) in [6.45, 7) is 14.2. The number of carboxylic acid groups (broad SMARTS) is 1. The Bertz CT molecular complexity index is 1650. The van der Waals surface area contributed by atoms with Crippen LogP contribution in [0.3, 0.4) is 0 Å². The lowest BCUT2D eigenvalue weighted by Gasteiger charge is -2.28. The molecule has 0 spiro atoms. The highest BCUT2D eigenvalue weighted by Gasteiger charge is 2.35. The van der Waals surface area contributed by atoms with Crippen LogP contribution in [0, 0.1) is 23.7 Å². The van der Waals surface area contributed by atoms with Gasteiger partial charge in [-0.15, -0.1) is 0 Å². The Morgan fingerprint density at radius 3 is 1.53 bits per heavy atom. The minimum absolute atomic E-state index is 0.0526. The summed E-state index contributed by atoms with van der Waals surface area (Å²) in [5.41, 5.74) is 11.3. The van der Waals surface area contributed by atoms with Crippen LogP contribution in [0.5, 0.6) is 0 Å². The number of aliphatic carboxylic acids is 1. The van der Waals surface area contributed by atoms with Crippen molar-refractivity contribution in [1.82, 2.24) is 47.9 Å². The molecule has 0 aromatic rings. The lowest BCUT2D eigenvalue weighted by Crippen LogP contribution is -2.61. The van der Waals surface area contributed by atoms with Gasteiger partial charge in [0.1, 0.15) is 48.3 Å². The molecule has 66 heavy (non-hydrogen) atoms. The first-order chi connectivity index (χ1) is 30.7. The number of unbranched alkanes of at least 4 members (excludes halogenated alkanes) is 1. The topological polar surface area (TPSA) is 392 Å². The predicted octanol–water partition coefficient (Wildman–Crippen LogP) is -4.05. The molecule has 24 nitrogen and oxygen atoms in total. The summed E-state index contributed by atoms with van der Waals surface area (Å²) in [5.74, 6) is -10.1. The second kappa shape index (κ2) is 30.7. The van der Waals surface area contributed by atoms with E-state index in [1.165, 1.54) is 13.8 Å². The highest BCUT2D eigenvalue weighted by Crippen LogP contribution is 2.11. The van der Waals surface area contributed by atoms with Gasteiger partial charge in [0.15, 0.2) is 0 Å². The van der Waals surface area contributed by atoms with Crippen LogP contribution in [0.1, 0.15) is 101 Å². The van der Waals surface area contributed by atoms with Crippen LogP contribution in [0.15, 0.2) is 0 Å². The van der Waals surface area contributed by atoms with Gasteiger partial charge in [0.05, 0.1) is 25.8 Å². The van der Waals surface area contributed by atoms with Gasteiger partial charge in [-0.25, -0.2) is 4.79 Å². The van der Waals surface area contributed by atoms with E-state index in [4.69, 9.17) is 11.5 Å². The van der Waals surface area contributed by atoms with E-state index in [-0.39, 0.29) is 25.3 Å². The van der Waals surface area contributed by atoms with E-state index in [0.29, 0.717) is 19.3 Å². The number of amides is 9. The maximum absolute atomic E-state index is 13.5. The molecule has 24 heteroatoms. The quantitative estimate of drug-likeness (QED) is 0.0294. The molecule has 0 radical (unpaired) electrons. The average molecular weight is 944 g/mol. The zero-order chi connectivity index (χ0) is 51.0. The van der Waals surface area contributed by atoms with E-state index in [1.54, 1.807) is 41.5 Å². The van der Waals surface area contributed by atoms with E-state index in [9.17, 15) is 63.3 Å². The molecule has 0 aliphatic rings. The van der Waals surface area contributed by atoms with Crippen molar-refractivity contribution in [2.24, 2.45) is 35.1 Å². The summed E-state index contributed by atoms with van der Waals surface area (Å²) in [4.78, 5) is 129. The molecule has 16 N–H and O–H groups in total. The Morgan fingerprint density at radius 2 is 1.05 bits per heavy atom. The zero-order valence-electron chi connectivity index (χ0n) is 39.9. The summed E-state index contributed by atoms with van der Waals surface area (Å²) in [6.07, 6.45) is 0.360. The number of carbonyl (C=O) groups excluding carboxylic acids is 9. The van der Waals surface area contributed by atoms with Crippen molar-refractivity contribution in [3.05, 3.63) is 0 Å². The van der Waals surface area contributed by atoms with Gasteiger partial charge in [0.2, 0.25) is 53.2 Å². The van der Waals surface area contributed by atoms with Crippen LogP contribution < -0.4 is 59.3 Å². The third-order valence-corrected chi connectivity index (χ3v) is 10.5. The van der Waals surface area contributed by atoms with E-state index in [0.717, 1.165) is 0 Å². The van der Waals surface area contributed by atoms with Crippen molar-refractivity contribution in [1.29, 1.82) is 0 Å². The van der Waals surface area contributed by atoms with Gasteiger partial charge in [-0.1, -0.05) is 61.8 Å². The summed E-state index contributed by atoms with van der Waals surface area (Å²) in [7, 11) is 0. The number of nitrogens with one attached hydrogen (secondary N) is 9. The largest absolute Gasteiger partial charge is 0.480 e. The number of rotatable bonds is 31. The van der Waals surface area contributed by atoms with Crippen LogP contribution in [-0.2, 0) is 47.9 Å². The molecule has 0 aromatic heterocycles. The molecule has 0 unspecified atom stereocenters. The number of hydrogen-bond donors (Lipinski definition) is 14. The van der Waals surface area contributed by atoms with E-state index in [2.05, 4.69) is 47.9 Å². The Labute approximate surface area is 386 Å². The fourth-order valence-electron chi connectivity index (χ4n) is 6.11. The van der Waals surface area contributed by atoms with Gasteiger partial charge < -0.3 is 74.6 Å². The Balaban J connectivity index is 5.66. The first kappa shape index (κ1) is 60.5. The molecule has 0 heterocycles. The minimum atomic E-state index is -1.58. The smallest absolute Gasteiger partial charge is 0.326 e. The van der Waals surface area contributed by atoms with Gasteiger partial charge in [-0.05, 0) is 69.7 Å². The van der Waals surface area contributed by atoms with Gasteiger partial charge in [-0.3, -0.25) is 43.2 Å². The maximum Gasteiger partial charge on any atom is 0.326 e. The van der Waals surface area contributed by atoms with Crippen molar-refractivity contribution < 1.29 is 63.3 Å². The molecule has 0 bridgehead atoms. The number of aliphatic hydroxyl groups excluding tert-OH is 2. The minimum Gasteiger partial charge on any atom is -0.480 e. The molecule has 0 saturated heterocycles. The highest BCUT2D eigenvalue weighted by atomic mass is 16.4. The molecule has 0 aliphatic carbocycles. The zero-order valence-corrected chi connectivity index (χ0v) is 39.9. The second-order valence-corrected chi connectivity index (χ2v) is 17.5. The molecule has 0 saturated carbocycles. The molecular weight excluding hydrogens is 867 g/mol. The van der Waals surface area contributed by atoms with E-state index in [1.807, 2.05) is 13.8 Å². The lowest BCUT2D eigenvalue weighted by atomic mass is 9.97. The monoisotopic (exact) mass is 944 g/mol. The van der Waals surface area contributed by atoms with Crippen LogP contribution in [-0.4, -0.2) is 155 Å². The van der Waals surface area contributed by atoms with Crippen LogP contribution in [0.25, 0.3) is 0 Å². The first-order valence-electron chi connectivity index (χ1n) is 22.4. The van der Waals surface area contributed by atoms with Gasteiger partial charge in [-0.2, -0.15) is 0 Å². The van der Waals surface area contributed by atoms with Crippen molar-refractivity contribution in [3.63, 3.8) is 0 Å². The van der Waals surface area contributed by atoms with Crippen LogP contribution in [0.2, 0.25) is 0 Å². The molecule has 378 valence electrons. The first-order valence-corrected chi connectivity index (χ1v) is 22.4. The van der Waals surface area contributed by atoms with E-state index < -0.39 is 151 Å². The third kappa shape index (κ3) is 22.2. The van der Waals surface area contributed by atoms with Crippen molar-refractivity contribution >= 4 is 59.1 Å². The molecule has 10 atom stereocenters. The summed E-state index contributed by atoms with van der Waals surface area (Å²) in [5, 5.41) is 51.2. The van der Waals surface area contributed by atoms with Gasteiger partial charge >= 0.3 is 5.97 Å². The van der Waals surface area contributed by atoms with Crippen molar-refractivity contribution in [3.8, 4) is 0 Å². The Morgan fingerprint density at radius 1 is 0.545 bits per heavy atom.